The number of imidazole rings is 1. The molecular weight excluding hydrogens is 346 g/mol. The summed E-state index contributed by atoms with van der Waals surface area (Å²) < 4.78 is 2.02. The Kier molecular flexibility index (Phi) is 4.78. The number of carbonyl (C=O) groups is 1. The van der Waals surface area contributed by atoms with E-state index in [9.17, 15) is 9.90 Å². The zero-order valence-corrected chi connectivity index (χ0v) is 15.7. The van der Waals surface area contributed by atoms with Crippen LogP contribution in [-0.2, 0) is 0 Å². The number of aromatic nitrogens is 2. The lowest BCUT2D eigenvalue weighted by Crippen LogP contribution is -2.44. The van der Waals surface area contributed by atoms with Gasteiger partial charge in [0.15, 0.2) is 4.96 Å². The van der Waals surface area contributed by atoms with Gasteiger partial charge in [-0.2, -0.15) is 0 Å². The van der Waals surface area contributed by atoms with Crippen molar-refractivity contribution in [3.05, 3.63) is 47.1 Å². The fourth-order valence-electron chi connectivity index (χ4n) is 3.74. The molecule has 0 spiro atoms. The summed E-state index contributed by atoms with van der Waals surface area (Å²) in [6.45, 7) is 2.89. The smallest absolute Gasteiger partial charge is 0.266 e. The van der Waals surface area contributed by atoms with Gasteiger partial charge in [-0.3, -0.25) is 9.20 Å². The Hall–Kier alpha value is -2.18. The Morgan fingerprint density at radius 1 is 1.31 bits per heavy atom. The summed E-state index contributed by atoms with van der Waals surface area (Å²) in [6, 6.07) is 10.2. The largest absolute Gasteiger partial charge is 0.396 e. The van der Waals surface area contributed by atoms with Crippen LogP contribution >= 0.6 is 11.3 Å². The summed E-state index contributed by atoms with van der Waals surface area (Å²) in [5, 5.41) is 9.31. The molecule has 1 aliphatic rings. The van der Waals surface area contributed by atoms with E-state index in [1.807, 2.05) is 52.8 Å². The van der Waals surface area contributed by atoms with Crippen molar-refractivity contribution in [2.45, 2.75) is 38.6 Å². The Balaban J connectivity index is 1.65. The molecule has 1 saturated heterocycles. The molecule has 1 N–H and O–H groups in total. The zero-order valence-electron chi connectivity index (χ0n) is 14.9. The van der Waals surface area contributed by atoms with Gasteiger partial charge >= 0.3 is 0 Å². The van der Waals surface area contributed by atoms with E-state index in [2.05, 4.69) is 0 Å². The molecule has 1 unspecified atom stereocenters. The van der Waals surface area contributed by atoms with Crippen molar-refractivity contribution in [3.8, 4) is 11.3 Å². The molecule has 6 heteroatoms. The number of rotatable bonds is 4. The molecule has 26 heavy (non-hydrogen) atoms. The minimum atomic E-state index is 0.0809. The number of hydrogen-bond acceptors (Lipinski definition) is 4. The molecule has 0 saturated carbocycles. The van der Waals surface area contributed by atoms with Gasteiger partial charge in [-0.25, -0.2) is 4.98 Å². The Bertz CT molecular complexity index is 914. The Morgan fingerprint density at radius 3 is 2.85 bits per heavy atom. The average molecular weight is 369 g/mol. The first-order valence-electron chi connectivity index (χ1n) is 9.15. The quantitative estimate of drug-likeness (QED) is 0.762. The molecule has 1 aliphatic heterocycles. The van der Waals surface area contributed by atoms with E-state index in [-0.39, 0.29) is 18.6 Å². The van der Waals surface area contributed by atoms with Gasteiger partial charge in [-0.1, -0.05) is 41.7 Å². The summed E-state index contributed by atoms with van der Waals surface area (Å²) in [5.74, 6) is 0.0809. The van der Waals surface area contributed by atoms with Gasteiger partial charge < -0.3 is 10.0 Å². The van der Waals surface area contributed by atoms with Crippen LogP contribution in [-0.4, -0.2) is 44.5 Å². The van der Waals surface area contributed by atoms with Gasteiger partial charge in [-0.05, 0) is 32.6 Å². The second-order valence-electron chi connectivity index (χ2n) is 6.82. The molecular formula is C20H23N3O2S. The summed E-state index contributed by atoms with van der Waals surface area (Å²) in [4.78, 5) is 21.4. The van der Waals surface area contributed by atoms with Gasteiger partial charge in [0.1, 0.15) is 4.88 Å². The van der Waals surface area contributed by atoms with E-state index >= 15 is 0 Å². The number of aryl methyl sites for hydroxylation is 1. The number of benzene rings is 1. The molecule has 0 aliphatic carbocycles. The fourth-order valence-corrected chi connectivity index (χ4v) is 4.81. The van der Waals surface area contributed by atoms with E-state index < -0.39 is 0 Å². The van der Waals surface area contributed by atoms with Crippen molar-refractivity contribution < 1.29 is 9.90 Å². The van der Waals surface area contributed by atoms with Gasteiger partial charge in [-0.15, -0.1) is 0 Å². The first-order chi connectivity index (χ1) is 12.7. The fraction of sp³-hybridized carbons (Fsp3) is 0.400. The molecule has 1 fully saturated rings. The minimum Gasteiger partial charge on any atom is -0.396 e. The van der Waals surface area contributed by atoms with Gasteiger partial charge in [0.2, 0.25) is 0 Å². The lowest BCUT2D eigenvalue weighted by atomic mass is 9.99. The van der Waals surface area contributed by atoms with E-state index in [1.54, 1.807) is 0 Å². The highest BCUT2D eigenvalue weighted by atomic mass is 32.1. The van der Waals surface area contributed by atoms with Crippen LogP contribution in [0, 0.1) is 6.92 Å². The van der Waals surface area contributed by atoms with Crippen molar-refractivity contribution in [2.75, 3.05) is 13.2 Å². The number of amides is 1. The molecule has 3 heterocycles. The van der Waals surface area contributed by atoms with E-state index in [0.717, 1.165) is 52.6 Å². The second kappa shape index (κ2) is 7.21. The molecule has 5 nitrogen and oxygen atoms in total. The minimum absolute atomic E-state index is 0.0809. The van der Waals surface area contributed by atoms with Crippen LogP contribution in [0.1, 0.15) is 41.0 Å². The number of nitrogens with zero attached hydrogens (tertiary/aromatic N) is 3. The van der Waals surface area contributed by atoms with Crippen molar-refractivity contribution in [1.82, 2.24) is 14.3 Å². The van der Waals surface area contributed by atoms with Gasteiger partial charge in [0, 0.05) is 36.6 Å². The summed E-state index contributed by atoms with van der Waals surface area (Å²) in [7, 11) is 0. The lowest BCUT2D eigenvalue weighted by molar-refractivity contribution is 0.0578. The van der Waals surface area contributed by atoms with Crippen molar-refractivity contribution in [2.24, 2.45) is 0 Å². The molecule has 136 valence electrons. The maximum Gasteiger partial charge on any atom is 0.266 e. The van der Waals surface area contributed by atoms with E-state index in [0.29, 0.717) is 6.42 Å². The molecule has 1 atom stereocenters. The molecule has 0 radical (unpaired) electrons. The van der Waals surface area contributed by atoms with Crippen LogP contribution in [0.3, 0.4) is 0 Å². The van der Waals surface area contributed by atoms with Crippen LogP contribution in [0.2, 0.25) is 0 Å². The number of aliphatic hydroxyl groups is 1. The number of fused-ring (bicyclic) bond motifs is 1. The maximum absolute atomic E-state index is 13.1. The molecule has 4 rings (SSSR count). The van der Waals surface area contributed by atoms with Crippen molar-refractivity contribution >= 4 is 22.2 Å². The number of hydrogen-bond donors (Lipinski definition) is 1. The third-order valence-electron chi connectivity index (χ3n) is 5.17. The van der Waals surface area contributed by atoms with Crippen LogP contribution in [0.4, 0.5) is 0 Å². The molecule has 0 bridgehead atoms. The van der Waals surface area contributed by atoms with E-state index in [1.165, 1.54) is 11.3 Å². The zero-order chi connectivity index (χ0) is 18.1. The number of piperidine rings is 1. The first kappa shape index (κ1) is 17.2. The number of thiazole rings is 1. The van der Waals surface area contributed by atoms with Crippen LogP contribution in [0.5, 0.6) is 0 Å². The summed E-state index contributed by atoms with van der Waals surface area (Å²) in [6.07, 6.45) is 5.81. The van der Waals surface area contributed by atoms with Crippen LogP contribution in [0.25, 0.3) is 16.2 Å². The summed E-state index contributed by atoms with van der Waals surface area (Å²) >= 11 is 1.46. The molecule has 2 aromatic heterocycles. The predicted octanol–water partition coefficient (Wildman–Crippen LogP) is 3.75. The second-order valence-corrected chi connectivity index (χ2v) is 7.80. The number of aliphatic hydroxyl groups excluding tert-OH is 1. The molecule has 1 aromatic carbocycles. The van der Waals surface area contributed by atoms with Crippen LogP contribution < -0.4 is 0 Å². The normalized spacial score (nSPS) is 17.8. The molecule has 3 aromatic rings. The highest BCUT2D eigenvalue weighted by molar-refractivity contribution is 7.19. The van der Waals surface area contributed by atoms with Crippen molar-refractivity contribution in [1.29, 1.82) is 0 Å². The third-order valence-corrected chi connectivity index (χ3v) is 6.32. The Morgan fingerprint density at radius 2 is 2.12 bits per heavy atom. The topological polar surface area (TPSA) is 57.8 Å². The Labute approximate surface area is 156 Å². The summed E-state index contributed by atoms with van der Waals surface area (Å²) in [5.41, 5.74) is 2.95. The van der Waals surface area contributed by atoms with Crippen molar-refractivity contribution in [3.63, 3.8) is 0 Å². The number of carbonyl (C=O) groups excluding carboxylic acids is 1. The van der Waals surface area contributed by atoms with Gasteiger partial charge in [0.05, 0.1) is 5.69 Å². The maximum atomic E-state index is 13.1. The lowest BCUT2D eigenvalue weighted by Gasteiger charge is -2.35. The molecule has 1 amide bonds. The number of likely N-dealkylation sites (tertiary alicyclic amines) is 1. The van der Waals surface area contributed by atoms with E-state index in [4.69, 9.17) is 4.98 Å². The first-order valence-corrected chi connectivity index (χ1v) is 9.96. The van der Waals surface area contributed by atoms with Gasteiger partial charge in [0.25, 0.3) is 5.91 Å². The van der Waals surface area contributed by atoms with Crippen LogP contribution in [0.15, 0.2) is 36.5 Å². The average Bonchev–Trinajstić information content (AvgIpc) is 3.22. The third kappa shape index (κ3) is 3.04. The predicted molar refractivity (Wildman–Crippen MR) is 104 cm³/mol. The standard InChI is InChI=1S/C20H23N3O2S/c1-14-18(19(25)22-11-6-5-9-16(22)10-12-24)26-20-21-17(13-23(14)20)15-7-3-2-4-8-15/h2-4,7-8,13,16,24H,5-6,9-12H2,1H3. The monoisotopic (exact) mass is 369 g/mol. The SMILES string of the molecule is Cc1c(C(=O)N2CCCCC2CCO)sc2nc(-c3ccccc3)cn12. The highest BCUT2D eigenvalue weighted by Gasteiger charge is 2.30. The highest BCUT2D eigenvalue weighted by Crippen LogP contribution is 2.30.